The number of nitrogens with zero attached hydrogens (tertiary/aromatic N) is 2. The zero-order chi connectivity index (χ0) is 18.6. The minimum atomic E-state index is -0.409. The number of benzene rings is 2. The molecule has 9 heteroatoms. The average Bonchev–Trinajstić information content (AvgIpc) is 3.36. The van der Waals surface area contributed by atoms with Crippen LogP contribution in [0, 0.1) is 0 Å². The highest BCUT2D eigenvalue weighted by atomic mass is 32.1. The summed E-state index contributed by atoms with van der Waals surface area (Å²) < 4.78 is 10.6. The van der Waals surface area contributed by atoms with Gasteiger partial charge in [0.2, 0.25) is 16.8 Å². The number of amides is 2. The van der Waals surface area contributed by atoms with Crippen molar-refractivity contribution in [2.24, 2.45) is 0 Å². The fraction of sp³-hybridized carbons (Fsp3) is 0.111. The van der Waals surface area contributed by atoms with Gasteiger partial charge in [-0.1, -0.05) is 35.6 Å². The summed E-state index contributed by atoms with van der Waals surface area (Å²) in [6, 6.07) is 14.4. The minimum Gasteiger partial charge on any atom is -0.454 e. The SMILES string of the molecule is O=C(NCc1ccc2c(c1)OCO2)c1nnc(C(=O)Nc2ccccc2)s1. The van der Waals surface area contributed by atoms with E-state index in [2.05, 4.69) is 20.8 Å². The van der Waals surface area contributed by atoms with Gasteiger partial charge in [0, 0.05) is 12.2 Å². The van der Waals surface area contributed by atoms with Crippen molar-refractivity contribution >= 4 is 28.8 Å². The standard InChI is InChI=1S/C18H14N4O4S/c23-15(19-9-11-6-7-13-14(8-11)26-10-25-13)17-21-22-18(27-17)16(24)20-12-4-2-1-3-5-12/h1-8H,9-10H2,(H,19,23)(H,20,24). The van der Waals surface area contributed by atoms with E-state index >= 15 is 0 Å². The molecule has 27 heavy (non-hydrogen) atoms. The van der Waals surface area contributed by atoms with Gasteiger partial charge < -0.3 is 20.1 Å². The number of fused-ring (bicyclic) bond motifs is 1. The van der Waals surface area contributed by atoms with Gasteiger partial charge in [0.05, 0.1) is 0 Å². The topological polar surface area (TPSA) is 102 Å². The average molecular weight is 382 g/mol. The molecule has 0 atom stereocenters. The molecule has 1 aliphatic heterocycles. The lowest BCUT2D eigenvalue weighted by atomic mass is 10.2. The van der Waals surface area contributed by atoms with Crippen LogP contribution in [0.1, 0.15) is 25.2 Å². The molecule has 2 aromatic carbocycles. The minimum absolute atomic E-state index is 0.118. The van der Waals surface area contributed by atoms with E-state index in [9.17, 15) is 9.59 Å². The van der Waals surface area contributed by atoms with Gasteiger partial charge in [0.25, 0.3) is 11.8 Å². The lowest BCUT2D eigenvalue weighted by Gasteiger charge is -2.04. The number of para-hydroxylation sites is 1. The molecule has 0 aliphatic carbocycles. The Balaban J connectivity index is 1.36. The van der Waals surface area contributed by atoms with Crippen molar-refractivity contribution in [2.75, 3.05) is 12.1 Å². The third kappa shape index (κ3) is 3.87. The molecule has 1 aliphatic rings. The molecule has 4 rings (SSSR count). The van der Waals surface area contributed by atoms with E-state index < -0.39 is 11.8 Å². The number of carbonyl (C=O) groups is 2. The first-order chi connectivity index (χ1) is 13.2. The number of nitrogens with one attached hydrogen (secondary N) is 2. The van der Waals surface area contributed by atoms with Crippen LogP contribution in [-0.4, -0.2) is 28.8 Å². The molecule has 0 spiro atoms. The van der Waals surface area contributed by atoms with E-state index in [1.54, 1.807) is 24.3 Å². The predicted octanol–water partition coefficient (Wildman–Crippen LogP) is 2.45. The highest BCUT2D eigenvalue weighted by Gasteiger charge is 2.18. The number of rotatable bonds is 5. The third-order valence-electron chi connectivity index (χ3n) is 3.74. The molecule has 2 amide bonds. The Kier molecular flexibility index (Phi) is 4.67. The van der Waals surface area contributed by atoms with Gasteiger partial charge >= 0.3 is 0 Å². The molecule has 2 N–H and O–H groups in total. The Morgan fingerprint density at radius 1 is 0.963 bits per heavy atom. The zero-order valence-electron chi connectivity index (χ0n) is 14.0. The quantitative estimate of drug-likeness (QED) is 0.703. The highest BCUT2D eigenvalue weighted by molar-refractivity contribution is 7.15. The molecular formula is C18H14N4O4S. The van der Waals surface area contributed by atoms with Crippen molar-refractivity contribution in [2.45, 2.75) is 6.54 Å². The summed E-state index contributed by atoms with van der Waals surface area (Å²) in [6.45, 7) is 0.490. The summed E-state index contributed by atoms with van der Waals surface area (Å²) in [5.41, 5.74) is 1.51. The van der Waals surface area contributed by atoms with Crippen molar-refractivity contribution in [1.82, 2.24) is 15.5 Å². The second kappa shape index (κ2) is 7.42. The van der Waals surface area contributed by atoms with Crippen LogP contribution < -0.4 is 20.1 Å². The van der Waals surface area contributed by atoms with Gasteiger partial charge in [0.15, 0.2) is 11.5 Å². The maximum Gasteiger partial charge on any atom is 0.286 e. The van der Waals surface area contributed by atoms with Gasteiger partial charge in [-0.15, -0.1) is 10.2 Å². The van der Waals surface area contributed by atoms with Crippen molar-refractivity contribution < 1.29 is 19.1 Å². The van der Waals surface area contributed by atoms with Crippen molar-refractivity contribution in [3.8, 4) is 11.5 Å². The zero-order valence-corrected chi connectivity index (χ0v) is 14.8. The van der Waals surface area contributed by atoms with Crippen molar-refractivity contribution in [3.05, 3.63) is 64.1 Å². The second-order valence-corrected chi connectivity index (χ2v) is 6.58. The van der Waals surface area contributed by atoms with E-state index in [0.717, 1.165) is 16.9 Å². The monoisotopic (exact) mass is 382 g/mol. The molecule has 2 heterocycles. The summed E-state index contributed by atoms with van der Waals surface area (Å²) in [6.07, 6.45) is 0. The number of anilines is 1. The molecule has 0 saturated carbocycles. The molecule has 0 radical (unpaired) electrons. The first-order valence-corrected chi connectivity index (χ1v) is 8.87. The maximum atomic E-state index is 12.3. The molecular weight excluding hydrogens is 368 g/mol. The number of carbonyl (C=O) groups excluding carboxylic acids is 2. The van der Waals surface area contributed by atoms with E-state index in [-0.39, 0.29) is 16.8 Å². The van der Waals surface area contributed by atoms with Crippen LogP contribution in [-0.2, 0) is 6.54 Å². The van der Waals surface area contributed by atoms with Gasteiger partial charge in [0.1, 0.15) is 0 Å². The Morgan fingerprint density at radius 2 is 1.70 bits per heavy atom. The molecule has 0 unspecified atom stereocenters. The molecule has 0 saturated heterocycles. The Bertz CT molecular complexity index is 990. The van der Waals surface area contributed by atoms with E-state index in [0.29, 0.717) is 23.7 Å². The molecule has 3 aromatic rings. The van der Waals surface area contributed by atoms with Crippen molar-refractivity contribution in [1.29, 1.82) is 0 Å². The van der Waals surface area contributed by atoms with Gasteiger partial charge in [-0.05, 0) is 29.8 Å². The third-order valence-corrected chi connectivity index (χ3v) is 4.66. The maximum absolute atomic E-state index is 12.3. The van der Waals surface area contributed by atoms with Gasteiger partial charge in [-0.2, -0.15) is 0 Å². The van der Waals surface area contributed by atoms with E-state index in [4.69, 9.17) is 9.47 Å². The largest absolute Gasteiger partial charge is 0.454 e. The van der Waals surface area contributed by atoms with Crippen LogP contribution in [0.3, 0.4) is 0 Å². The van der Waals surface area contributed by atoms with Crippen LogP contribution in [0.2, 0.25) is 0 Å². The highest BCUT2D eigenvalue weighted by Crippen LogP contribution is 2.32. The Morgan fingerprint density at radius 3 is 2.52 bits per heavy atom. The van der Waals surface area contributed by atoms with Crippen molar-refractivity contribution in [3.63, 3.8) is 0 Å². The fourth-order valence-electron chi connectivity index (χ4n) is 2.42. The Labute approximate surface area is 158 Å². The second-order valence-electron chi connectivity index (χ2n) is 5.60. The summed E-state index contributed by atoms with van der Waals surface area (Å²) in [5, 5.41) is 13.3. The molecule has 0 bridgehead atoms. The normalized spacial score (nSPS) is 11.9. The molecule has 8 nitrogen and oxygen atoms in total. The fourth-order valence-corrected chi connectivity index (χ4v) is 3.08. The summed E-state index contributed by atoms with van der Waals surface area (Å²) in [4.78, 5) is 24.4. The lowest BCUT2D eigenvalue weighted by molar-refractivity contribution is 0.0948. The van der Waals surface area contributed by atoms with Gasteiger partial charge in [-0.25, -0.2) is 0 Å². The molecule has 1 aromatic heterocycles. The number of ether oxygens (including phenoxy) is 2. The van der Waals surface area contributed by atoms with E-state index in [1.165, 1.54) is 0 Å². The van der Waals surface area contributed by atoms with Crippen LogP contribution >= 0.6 is 11.3 Å². The number of aromatic nitrogens is 2. The summed E-state index contributed by atoms with van der Waals surface area (Å²) in [5.74, 6) is 0.526. The van der Waals surface area contributed by atoms with Crippen LogP contribution in [0.5, 0.6) is 11.5 Å². The summed E-state index contributed by atoms with van der Waals surface area (Å²) >= 11 is 0.933. The van der Waals surface area contributed by atoms with E-state index in [1.807, 2.05) is 24.3 Å². The summed E-state index contributed by atoms with van der Waals surface area (Å²) in [7, 11) is 0. The van der Waals surface area contributed by atoms with Crippen LogP contribution in [0.25, 0.3) is 0 Å². The predicted molar refractivity (Wildman–Crippen MR) is 98.0 cm³/mol. The number of hydrogen-bond donors (Lipinski definition) is 2. The molecule has 136 valence electrons. The first kappa shape index (κ1) is 17.0. The van der Waals surface area contributed by atoms with Crippen LogP contribution in [0.15, 0.2) is 48.5 Å². The smallest absolute Gasteiger partial charge is 0.286 e. The molecule has 0 fully saturated rings. The number of hydrogen-bond acceptors (Lipinski definition) is 7. The lowest BCUT2D eigenvalue weighted by Crippen LogP contribution is -2.22. The Hall–Kier alpha value is -3.46. The van der Waals surface area contributed by atoms with Gasteiger partial charge in [-0.3, -0.25) is 9.59 Å². The first-order valence-electron chi connectivity index (χ1n) is 8.06. The van der Waals surface area contributed by atoms with Crippen LogP contribution in [0.4, 0.5) is 5.69 Å².